The van der Waals surface area contributed by atoms with Crippen LogP contribution in [0, 0.1) is 10.1 Å². The van der Waals surface area contributed by atoms with Gasteiger partial charge in [-0.1, -0.05) is 30.3 Å². The predicted molar refractivity (Wildman–Crippen MR) is 83.8 cm³/mol. The minimum absolute atomic E-state index is 0.0565. The van der Waals surface area contributed by atoms with Gasteiger partial charge in [-0.15, -0.1) is 0 Å². The van der Waals surface area contributed by atoms with E-state index >= 15 is 0 Å². The number of anilines is 1. The number of imidazole rings is 1. The van der Waals surface area contributed by atoms with E-state index in [9.17, 15) is 10.1 Å². The summed E-state index contributed by atoms with van der Waals surface area (Å²) in [4.78, 5) is 19.0. The average molecular weight is 301 g/mol. The first-order chi connectivity index (χ1) is 10.6. The smallest absolute Gasteiger partial charge is 0.358 e. The van der Waals surface area contributed by atoms with Crippen LogP contribution in [-0.4, -0.2) is 45.6 Å². The Hall–Kier alpha value is -2.41. The van der Waals surface area contributed by atoms with E-state index < -0.39 is 4.92 Å². The number of nitro groups is 1. The van der Waals surface area contributed by atoms with Crippen LogP contribution in [0.1, 0.15) is 5.56 Å². The molecule has 7 heteroatoms. The summed E-state index contributed by atoms with van der Waals surface area (Å²) in [6.07, 6.45) is 1.50. The fraction of sp³-hybridized carbons (Fsp3) is 0.400. The molecule has 2 aromatic rings. The highest BCUT2D eigenvalue weighted by atomic mass is 16.6. The minimum Gasteiger partial charge on any atom is -0.358 e. The van der Waals surface area contributed by atoms with E-state index in [-0.39, 0.29) is 5.82 Å². The van der Waals surface area contributed by atoms with Crippen LogP contribution >= 0.6 is 0 Å². The van der Waals surface area contributed by atoms with E-state index in [1.807, 2.05) is 23.1 Å². The van der Waals surface area contributed by atoms with Gasteiger partial charge in [0.05, 0.1) is 0 Å². The predicted octanol–water partition coefficient (Wildman–Crippen LogP) is 1.65. The van der Waals surface area contributed by atoms with Gasteiger partial charge in [0.15, 0.2) is 0 Å². The summed E-state index contributed by atoms with van der Waals surface area (Å²) in [6.45, 7) is 4.23. The number of aromatic nitrogens is 2. The van der Waals surface area contributed by atoms with Crippen LogP contribution in [0.15, 0.2) is 36.7 Å². The molecular weight excluding hydrogens is 282 g/mol. The Morgan fingerprint density at radius 1 is 1.18 bits per heavy atom. The summed E-state index contributed by atoms with van der Waals surface area (Å²) < 4.78 is 1.73. The van der Waals surface area contributed by atoms with Crippen LogP contribution in [0.3, 0.4) is 0 Å². The van der Waals surface area contributed by atoms with Gasteiger partial charge < -0.3 is 15.0 Å². The molecule has 0 saturated carbocycles. The van der Waals surface area contributed by atoms with Crippen molar-refractivity contribution in [3.05, 3.63) is 52.3 Å². The molecule has 1 aliphatic heterocycles. The van der Waals surface area contributed by atoms with Crippen molar-refractivity contribution in [2.75, 3.05) is 31.1 Å². The molecule has 0 spiro atoms. The Morgan fingerprint density at radius 3 is 2.50 bits per heavy atom. The van der Waals surface area contributed by atoms with Gasteiger partial charge in [0.2, 0.25) is 12.1 Å². The van der Waals surface area contributed by atoms with Crippen molar-refractivity contribution in [2.24, 2.45) is 7.05 Å². The number of nitrogens with zero attached hydrogens (tertiary/aromatic N) is 5. The second kappa shape index (κ2) is 6.15. The third-order valence-corrected chi connectivity index (χ3v) is 3.98. The van der Waals surface area contributed by atoms with Gasteiger partial charge in [0, 0.05) is 39.8 Å². The van der Waals surface area contributed by atoms with Crippen LogP contribution in [0.2, 0.25) is 0 Å². The quantitative estimate of drug-likeness (QED) is 0.634. The van der Waals surface area contributed by atoms with E-state index in [1.165, 1.54) is 11.9 Å². The van der Waals surface area contributed by atoms with Gasteiger partial charge in [0.25, 0.3) is 0 Å². The Kier molecular flexibility index (Phi) is 4.06. The third kappa shape index (κ3) is 2.94. The van der Waals surface area contributed by atoms with Crippen molar-refractivity contribution in [1.82, 2.24) is 14.5 Å². The van der Waals surface area contributed by atoms with Crippen LogP contribution in [-0.2, 0) is 13.6 Å². The molecule has 0 atom stereocenters. The zero-order valence-electron chi connectivity index (χ0n) is 12.6. The summed E-state index contributed by atoms with van der Waals surface area (Å²) in [7, 11) is 1.80. The van der Waals surface area contributed by atoms with Crippen LogP contribution in [0.5, 0.6) is 0 Å². The number of aryl methyl sites for hydroxylation is 1. The fourth-order valence-corrected chi connectivity index (χ4v) is 2.86. The first-order valence-corrected chi connectivity index (χ1v) is 7.32. The molecule has 1 saturated heterocycles. The van der Waals surface area contributed by atoms with Crippen molar-refractivity contribution in [3.8, 4) is 0 Å². The van der Waals surface area contributed by atoms with Crippen molar-refractivity contribution in [3.63, 3.8) is 0 Å². The van der Waals surface area contributed by atoms with Gasteiger partial charge in [-0.3, -0.25) is 9.47 Å². The van der Waals surface area contributed by atoms with Crippen LogP contribution < -0.4 is 4.90 Å². The topological polar surface area (TPSA) is 67.4 Å². The largest absolute Gasteiger partial charge is 0.406 e. The Balaban J connectivity index is 1.65. The lowest BCUT2D eigenvalue weighted by molar-refractivity contribution is -0.388. The highest BCUT2D eigenvalue weighted by molar-refractivity contribution is 5.54. The summed E-state index contributed by atoms with van der Waals surface area (Å²) >= 11 is 0. The first-order valence-electron chi connectivity index (χ1n) is 7.32. The maximum Gasteiger partial charge on any atom is 0.406 e. The summed E-state index contributed by atoms with van der Waals surface area (Å²) in [6, 6.07) is 10.4. The van der Waals surface area contributed by atoms with E-state index in [0.29, 0.717) is 5.82 Å². The summed E-state index contributed by atoms with van der Waals surface area (Å²) in [5, 5.41) is 11.1. The first kappa shape index (κ1) is 14.5. The second-order valence-electron chi connectivity index (χ2n) is 5.51. The van der Waals surface area contributed by atoms with Crippen LogP contribution in [0.25, 0.3) is 0 Å². The molecule has 0 unspecified atom stereocenters. The van der Waals surface area contributed by atoms with Crippen LogP contribution in [0.4, 0.5) is 11.6 Å². The third-order valence-electron chi connectivity index (χ3n) is 3.98. The Morgan fingerprint density at radius 2 is 1.86 bits per heavy atom. The van der Waals surface area contributed by atoms with Gasteiger partial charge in [0.1, 0.15) is 0 Å². The fourth-order valence-electron chi connectivity index (χ4n) is 2.86. The van der Waals surface area contributed by atoms with E-state index in [4.69, 9.17) is 0 Å². The average Bonchev–Trinajstić information content (AvgIpc) is 2.91. The standard InChI is InChI=1S/C15H19N5O2/c1-17-12-16-14(20(21)22)15(17)19-9-7-18(8-10-19)11-13-5-3-2-4-6-13/h2-6,12H,7-11H2,1H3. The molecule has 3 rings (SSSR count). The number of hydrogen-bond donors (Lipinski definition) is 0. The summed E-state index contributed by atoms with van der Waals surface area (Å²) in [5.74, 6) is 0.545. The molecule has 0 bridgehead atoms. The normalized spacial score (nSPS) is 16.0. The van der Waals surface area contributed by atoms with Gasteiger partial charge in [-0.25, -0.2) is 0 Å². The van der Waals surface area contributed by atoms with Crippen molar-refractivity contribution < 1.29 is 4.92 Å². The van der Waals surface area contributed by atoms with E-state index in [2.05, 4.69) is 22.0 Å². The number of hydrogen-bond acceptors (Lipinski definition) is 5. The van der Waals surface area contributed by atoms with Gasteiger partial charge >= 0.3 is 5.82 Å². The molecule has 0 aliphatic carbocycles. The highest BCUT2D eigenvalue weighted by Gasteiger charge is 2.28. The molecule has 22 heavy (non-hydrogen) atoms. The number of piperazine rings is 1. The molecule has 1 aromatic heterocycles. The van der Waals surface area contributed by atoms with Crippen molar-refractivity contribution >= 4 is 11.6 Å². The molecule has 1 aromatic carbocycles. The molecule has 2 heterocycles. The van der Waals surface area contributed by atoms with Gasteiger partial charge in [-0.2, -0.15) is 0 Å². The minimum atomic E-state index is -0.411. The molecule has 0 N–H and O–H groups in total. The molecule has 0 amide bonds. The maximum absolute atomic E-state index is 11.1. The summed E-state index contributed by atoms with van der Waals surface area (Å²) in [5.41, 5.74) is 1.29. The zero-order valence-corrected chi connectivity index (χ0v) is 12.6. The monoisotopic (exact) mass is 301 g/mol. The molecular formula is C15H19N5O2. The Labute approximate surface area is 128 Å². The lowest BCUT2D eigenvalue weighted by Gasteiger charge is -2.35. The lowest BCUT2D eigenvalue weighted by Crippen LogP contribution is -2.46. The molecule has 7 nitrogen and oxygen atoms in total. The van der Waals surface area contributed by atoms with Crippen molar-refractivity contribution in [1.29, 1.82) is 0 Å². The molecule has 1 aliphatic rings. The SMILES string of the molecule is Cn1cnc([N+](=O)[O-])c1N1CCN(Cc2ccccc2)CC1. The second-order valence-corrected chi connectivity index (χ2v) is 5.51. The molecule has 116 valence electrons. The van der Waals surface area contributed by atoms with E-state index in [1.54, 1.807) is 11.6 Å². The van der Waals surface area contributed by atoms with Gasteiger partial charge in [-0.05, 0) is 15.5 Å². The highest BCUT2D eigenvalue weighted by Crippen LogP contribution is 2.26. The maximum atomic E-state index is 11.1. The lowest BCUT2D eigenvalue weighted by atomic mass is 10.2. The number of benzene rings is 1. The van der Waals surface area contributed by atoms with E-state index in [0.717, 1.165) is 32.7 Å². The van der Waals surface area contributed by atoms with Crippen molar-refractivity contribution in [2.45, 2.75) is 6.54 Å². The number of rotatable bonds is 4. The Bertz CT molecular complexity index is 647. The molecule has 1 fully saturated rings. The molecule has 0 radical (unpaired) electrons. The zero-order chi connectivity index (χ0) is 15.5.